The van der Waals surface area contributed by atoms with Crippen LogP contribution in [0.25, 0.3) is 21.5 Å². The molecular weight excluding hydrogens is 644 g/mol. The van der Waals surface area contributed by atoms with Crippen molar-refractivity contribution < 1.29 is 35.0 Å². The van der Waals surface area contributed by atoms with Crippen LogP contribution in [0.3, 0.4) is 0 Å². The monoisotopic (exact) mass is 676 g/mol. The number of hydrogen-bond donors (Lipinski definition) is 0. The zero-order chi connectivity index (χ0) is 33.6. The summed E-state index contributed by atoms with van der Waals surface area (Å²) in [6.45, 7) is 7.28. The Bertz CT molecular complexity index is 2120. The minimum Gasteiger partial charge on any atom is -0.299 e. The summed E-state index contributed by atoms with van der Waals surface area (Å²) in [5.41, 5.74) is -8.62. The summed E-state index contributed by atoms with van der Waals surface area (Å²) in [5, 5.41) is -1.79. The summed E-state index contributed by atoms with van der Waals surface area (Å²) >= 11 is 0. The van der Waals surface area contributed by atoms with Crippen molar-refractivity contribution in [1.29, 1.82) is 0 Å². The van der Waals surface area contributed by atoms with Crippen LogP contribution in [0, 0.1) is 33.5 Å². The Kier molecular flexibility index (Phi) is 6.07. The van der Waals surface area contributed by atoms with Crippen LogP contribution < -0.4 is 30.8 Å². The molecule has 4 aliphatic carbocycles. The van der Waals surface area contributed by atoms with Crippen molar-refractivity contribution in [3.63, 3.8) is 0 Å². The van der Waals surface area contributed by atoms with Crippen LogP contribution in [0.2, 0.25) is 0 Å². The Balaban J connectivity index is 1.22. The summed E-state index contributed by atoms with van der Waals surface area (Å²) in [5.74, 6) is -1.86. The number of rotatable bonds is 8. The Labute approximate surface area is 262 Å². The van der Waals surface area contributed by atoms with E-state index >= 15 is 0 Å². The van der Waals surface area contributed by atoms with E-state index in [0.717, 1.165) is 12.1 Å². The van der Waals surface area contributed by atoms with Gasteiger partial charge in [-0.25, -0.2) is 0 Å². The zero-order valence-corrected chi connectivity index (χ0v) is 27.2. The molecule has 0 radical (unpaired) electrons. The summed E-state index contributed by atoms with van der Waals surface area (Å²) in [6, 6.07) is 1.76. The summed E-state index contributed by atoms with van der Waals surface area (Å²) in [6.07, 6.45) is 2.46. The van der Waals surface area contributed by atoms with Gasteiger partial charge in [0, 0.05) is 12.8 Å². The van der Waals surface area contributed by atoms with E-state index in [9.17, 15) is 45.6 Å². The number of aromatic nitrogens is 2. The van der Waals surface area contributed by atoms with Crippen molar-refractivity contribution in [2.75, 3.05) is 11.5 Å². The molecule has 0 N–H and O–H groups in total. The largest absolute Gasteiger partial charge is 0.328 e. The minimum atomic E-state index is -4.66. The van der Waals surface area contributed by atoms with Crippen LogP contribution >= 0.6 is 0 Å². The normalized spacial score (nSPS) is 29.8. The molecule has 4 bridgehead atoms. The van der Waals surface area contributed by atoms with Gasteiger partial charge in [-0.3, -0.25) is 37.3 Å². The van der Waals surface area contributed by atoms with Gasteiger partial charge in [-0.1, -0.05) is 37.2 Å². The first-order chi connectivity index (χ1) is 21.2. The van der Waals surface area contributed by atoms with Gasteiger partial charge in [0.05, 0.1) is 32.4 Å². The predicted molar refractivity (Wildman–Crippen MR) is 163 cm³/mol. The number of benzene rings is 1. The second-order valence-electron chi connectivity index (χ2n) is 14.6. The zero-order valence-electron chi connectivity index (χ0n) is 25.6. The minimum absolute atomic E-state index is 0.0114. The quantitative estimate of drug-likeness (QED) is 0.315. The highest BCUT2D eigenvalue weighted by Gasteiger charge is 2.67. The van der Waals surface area contributed by atoms with E-state index in [-0.39, 0.29) is 45.7 Å². The van der Waals surface area contributed by atoms with E-state index in [1.165, 1.54) is 0 Å². The number of Topliss-reactive ketones (excluding diaryl/α,β-unsaturated/α-hetero) is 2. The molecule has 3 aromatic rings. The number of ketones is 2. The lowest BCUT2D eigenvalue weighted by Crippen LogP contribution is -2.46. The standard InChI is InChI=1S/C30H32N2O12S2/c1-27(2)15-5-7-29(27,21(33)9-15)13-45(39,40)43-31-23(35)17-11-19-20(12-18(17)24(31)36)26(38)32(25(19)37)44-46(41,42)14-30-8-6-16(10-22(30)34)28(30,3)4/h11-12,15-16H,5-10,13-14H2,1-4H3. The molecule has 0 saturated heterocycles. The van der Waals surface area contributed by atoms with Crippen LogP contribution in [-0.4, -0.2) is 49.4 Å². The molecule has 46 heavy (non-hydrogen) atoms. The third-order valence-electron chi connectivity index (χ3n) is 12.3. The highest BCUT2D eigenvalue weighted by atomic mass is 32.2. The summed E-state index contributed by atoms with van der Waals surface area (Å²) < 4.78 is 62.7. The summed E-state index contributed by atoms with van der Waals surface area (Å²) in [4.78, 5) is 78.5. The van der Waals surface area contributed by atoms with Crippen molar-refractivity contribution in [1.82, 2.24) is 9.46 Å². The number of carbonyl (C=O) groups excluding carboxylic acids is 2. The van der Waals surface area contributed by atoms with Crippen molar-refractivity contribution in [3.8, 4) is 0 Å². The smallest absolute Gasteiger partial charge is 0.299 e. The first-order valence-electron chi connectivity index (χ1n) is 15.0. The highest BCUT2D eigenvalue weighted by molar-refractivity contribution is 7.87. The fraction of sp³-hybridized carbons (Fsp3) is 0.600. The second kappa shape index (κ2) is 9.02. The molecular formula is C30H32N2O12S2. The van der Waals surface area contributed by atoms with Crippen LogP contribution in [0.15, 0.2) is 31.3 Å². The lowest BCUT2D eigenvalue weighted by atomic mass is 9.70. The Hall–Kier alpha value is -3.66. The lowest BCUT2D eigenvalue weighted by molar-refractivity contribution is -0.128. The molecule has 0 spiro atoms. The molecule has 14 nitrogen and oxygen atoms in total. The maximum absolute atomic E-state index is 13.2. The Morgan fingerprint density at radius 1 is 0.609 bits per heavy atom. The molecule has 4 saturated carbocycles. The van der Waals surface area contributed by atoms with E-state index in [1.54, 1.807) is 0 Å². The average Bonchev–Trinajstić information content (AvgIpc) is 3.62. The lowest BCUT2D eigenvalue weighted by Gasteiger charge is -2.35. The topological polar surface area (TPSA) is 199 Å². The molecule has 16 heteroatoms. The van der Waals surface area contributed by atoms with Crippen LogP contribution in [0.5, 0.6) is 0 Å². The van der Waals surface area contributed by atoms with Gasteiger partial charge >= 0.3 is 20.2 Å². The van der Waals surface area contributed by atoms with E-state index in [0.29, 0.717) is 25.7 Å². The van der Waals surface area contributed by atoms with E-state index < -0.39 is 97.2 Å². The van der Waals surface area contributed by atoms with Gasteiger partial charge < -0.3 is 0 Å². The van der Waals surface area contributed by atoms with Crippen molar-refractivity contribution in [2.24, 2.45) is 33.5 Å². The Morgan fingerprint density at radius 2 is 0.913 bits per heavy atom. The van der Waals surface area contributed by atoms with E-state index in [4.69, 9.17) is 8.57 Å². The molecule has 1 aromatic carbocycles. The molecule has 7 rings (SSSR count). The molecule has 0 aliphatic heterocycles. The number of nitrogens with zero attached hydrogens (tertiary/aromatic N) is 2. The maximum atomic E-state index is 13.2. The second-order valence-corrected chi connectivity index (χ2v) is 17.7. The Morgan fingerprint density at radius 3 is 1.15 bits per heavy atom. The molecule has 4 unspecified atom stereocenters. The molecule has 4 atom stereocenters. The fourth-order valence-corrected chi connectivity index (χ4v) is 12.6. The van der Waals surface area contributed by atoms with Crippen molar-refractivity contribution in [2.45, 2.75) is 66.2 Å². The first kappa shape index (κ1) is 31.0. The molecule has 2 heterocycles. The summed E-state index contributed by atoms with van der Waals surface area (Å²) in [7, 11) is -9.32. The van der Waals surface area contributed by atoms with Gasteiger partial charge in [-0.2, -0.15) is 16.8 Å². The van der Waals surface area contributed by atoms with Crippen LogP contribution in [0.1, 0.15) is 66.2 Å². The number of carbonyl (C=O) groups is 2. The molecule has 4 fully saturated rings. The number of fused-ring (bicyclic) bond motifs is 6. The molecule has 4 aliphatic rings. The number of hydrogen-bond acceptors (Lipinski definition) is 12. The third kappa shape index (κ3) is 3.79. The first-order valence-corrected chi connectivity index (χ1v) is 18.2. The van der Waals surface area contributed by atoms with Gasteiger partial charge in [0.25, 0.3) is 22.2 Å². The van der Waals surface area contributed by atoms with Gasteiger partial charge in [-0.15, -0.1) is 0 Å². The highest BCUT2D eigenvalue weighted by Crippen LogP contribution is 2.65. The van der Waals surface area contributed by atoms with Gasteiger partial charge in [0.15, 0.2) is 0 Å². The van der Waals surface area contributed by atoms with E-state index in [1.807, 2.05) is 27.7 Å². The third-order valence-corrected chi connectivity index (χ3v) is 14.8. The fourth-order valence-electron chi connectivity index (χ4n) is 9.16. The maximum Gasteiger partial charge on any atom is 0.328 e. The van der Waals surface area contributed by atoms with Gasteiger partial charge in [0.1, 0.15) is 23.1 Å². The van der Waals surface area contributed by atoms with Gasteiger partial charge in [-0.05, 0) is 60.5 Å². The van der Waals surface area contributed by atoms with Crippen LogP contribution in [-0.2, 0) is 29.8 Å². The van der Waals surface area contributed by atoms with Gasteiger partial charge in [0.2, 0.25) is 0 Å². The average molecular weight is 677 g/mol. The van der Waals surface area contributed by atoms with Crippen molar-refractivity contribution in [3.05, 3.63) is 53.5 Å². The van der Waals surface area contributed by atoms with Crippen LogP contribution in [0.4, 0.5) is 0 Å². The van der Waals surface area contributed by atoms with Crippen molar-refractivity contribution >= 4 is 53.3 Å². The van der Waals surface area contributed by atoms with E-state index in [2.05, 4.69) is 0 Å². The SMILES string of the molecule is CC1(C)C2CCC1(CS(=O)(=O)On1c(=O)c3cc4c(=O)n(OS(=O)(=O)CC56CCC(CC5=O)C6(C)C)c(=O)c4cc3c1=O)C(=O)C2. The predicted octanol–water partition coefficient (Wildman–Crippen LogP) is 0.220. The molecule has 2 aromatic heterocycles. The molecule has 0 amide bonds. The molecule has 246 valence electrons.